The number of rotatable bonds is 4. The lowest BCUT2D eigenvalue weighted by Gasteiger charge is -2.11. The Bertz CT molecular complexity index is 1510. The van der Waals surface area contributed by atoms with E-state index in [1.165, 1.54) is 31.8 Å². The summed E-state index contributed by atoms with van der Waals surface area (Å²) in [5.74, 6) is 3.82. The Morgan fingerprint density at radius 3 is 2.78 bits per heavy atom. The fourth-order valence-electron chi connectivity index (χ4n) is 2.78. The lowest BCUT2D eigenvalue weighted by Crippen LogP contribution is -2.17. The fraction of sp³-hybridized carbons (Fsp3) is 0.100. The molecule has 32 heavy (non-hydrogen) atoms. The molecule has 0 aliphatic carbocycles. The van der Waals surface area contributed by atoms with E-state index in [1.54, 1.807) is 6.07 Å². The molecule has 0 bridgehead atoms. The largest absolute Gasteiger partial charge is 0.480 e. The number of nitrogens with one attached hydrogen (secondary N) is 2. The average molecular weight is 473 g/mol. The van der Waals surface area contributed by atoms with Crippen LogP contribution in [-0.4, -0.2) is 40.7 Å². The van der Waals surface area contributed by atoms with Gasteiger partial charge in [-0.2, -0.15) is 5.10 Å². The standard InChI is InChI=1S/C20H14ClFN6O3S/c1-11-15-7-12(9-24-18(15)27-26-11)3-4-13-5-6-23-19(17(13)22)28-32(29,30)16-8-14(21)10-25-20(16)31-2/h5-10H,1-2H3,(H,23,28)(H,24,26,27). The number of fused-ring (bicyclic) bond motifs is 1. The van der Waals surface area contributed by atoms with E-state index in [2.05, 4.69) is 41.7 Å². The maximum atomic E-state index is 15.0. The van der Waals surface area contributed by atoms with Gasteiger partial charge in [-0.05, 0) is 25.1 Å². The van der Waals surface area contributed by atoms with Gasteiger partial charge in [0.15, 0.2) is 22.2 Å². The summed E-state index contributed by atoms with van der Waals surface area (Å²) in [4.78, 5) is 11.4. The summed E-state index contributed by atoms with van der Waals surface area (Å²) in [5.41, 5.74) is 1.85. The normalized spacial score (nSPS) is 11.1. The van der Waals surface area contributed by atoms with E-state index in [-0.39, 0.29) is 21.4 Å². The highest BCUT2D eigenvalue weighted by atomic mass is 35.5. The molecule has 2 N–H and O–H groups in total. The second kappa shape index (κ2) is 8.41. The Hall–Kier alpha value is -3.75. The van der Waals surface area contributed by atoms with Gasteiger partial charge in [-0.1, -0.05) is 23.4 Å². The van der Waals surface area contributed by atoms with Crippen LogP contribution in [0.2, 0.25) is 5.02 Å². The first-order valence-electron chi connectivity index (χ1n) is 8.98. The van der Waals surface area contributed by atoms with Gasteiger partial charge in [-0.25, -0.2) is 27.8 Å². The summed E-state index contributed by atoms with van der Waals surface area (Å²) in [7, 11) is -3.05. The van der Waals surface area contributed by atoms with Gasteiger partial charge in [0.1, 0.15) is 0 Å². The molecule has 0 amide bonds. The second-order valence-electron chi connectivity index (χ2n) is 6.48. The summed E-state index contributed by atoms with van der Waals surface area (Å²) >= 11 is 5.85. The summed E-state index contributed by atoms with van der Waals surface area (Å²) in [6, 6.07) is 4.24. The molecule has 12 heteroatoms. The number of pyridine rings is 3. The van der Waals surface area contributed by atoms with Crippen molar-refractivity contribution in [2.75, 3.05) is 11.8 Å². The lowest BCUT2D eigenvalue weighted by molar-refractivity contribution is 0.385. The van der Waals surface area contributed by atoms with Crippen LogP contribution < -0.4 is 9.46 Å². The van der Waals surface area contributed by atoms with Crippen molar-refractivity contribution in [3.05, 3.63) is 64.5 Å². The number of halogens is 2. The molecule has 0 fully saturated rings. The number of ether oxygens (including phenoxy) is 1. The van der Waals surface area contributed by atoms with E-state index in [9.17, 15) is 12.8 Å². The van der Waals surface area contributed by atoms with Crippen molar-refractivity contribution in [1.29, 1.82) is 0 Å². The number of aromatic nitrogens is 5. The summed E-state index contributed by atoms with van der Waals surface area (Å²) in [6.45, 7) is 1.85. The van der Waals surface area contributed by atoms with Crippen LogP contribution in [-0.2, 0) is 10.0 Å². The molecule has 0 unspecified atom stereocenters. The predicted molar refractivity (Wildman–Crippen MR) is 115 cm³/mol. The zero-order valence-electron chi connectivity index (χ0n) is 16.6. The molecule has 9 nitrogen and oxygen atoms in total. The van der Waals surface area contributed by atoms with Crippen LogP contribution in [0, 0.1) is 24.6 Å². The number of anilines is 1. The molecule has 4 heterocycles. The second-order valence-corrected chi connectivity index (χ2v) is 8.57. The molecule has 0 saturated carbocycles. The predicted octanol–water partition coefficient (Wildman–Crippen LogP) is 3.06. The van der Waals surface area contributed by atoms with Crippen molar-refractivity contribution < 1.29 is 17.5 Å². The van der Waals surface area contributed by atoms with Crippen molar-refractivity contribution >= 4 is 38.5 Å². The van der Waals surface area contributed by atoms with E-state index >= 15 is 0 Å². The van der Waals surface area contributed by atoms with Crippen molar-refractivity contribution in [3.63, 3.8) is 0 Å². The first-order chi connectivity index (χ1) is 15.3. The van der Waals surface area contributed by atoms with Crippen molar-refractivity contribution in [2.45, 2.75) is 11.8 Å². The molecular weight excluding hydrogens is 459 g/mol. The Labute approximate surface area is 187 Å². The van der Waals surface area contributed by atoms with Crippen LogP contribution in [0.5, 0.6) is 5.88 Å². The van der Waals surface area contributed by atoms with Crippen LogP contribution in [0.15, 0.2) is 41.7 Å². The third kappa shape index (κ3) is 4.18. The number of aryl methyl sites for hydroxylation is 1. The first-order valence-corrected chi connectivity index (χ1v) is 10.8. The molecular formula is C20H14ClFN6O3S. The SMILES string of the molecule is COc1ncc(Cl)cc1S(=O)(=O)Nc1nccc(C#Cc2cnc3n[nH]c(C)c3c2)c1F. The van der Waals surface area contributed by atoms with Crippen LogP contribution >= 0.6 is 11.6 Å². The Balaban J connectivity index is 1.67. The quantitative estimate of drug-likeness (QED) is 0.437. The Morgan fingerprint density at radius 1 is 1.19 bits per heavy atom. The highest BCUT2D eigenvalue weighted by molar-refractivity contribution is 7.92. The lowest BCUT2D eigenvalue weighted by atomic mass is 10.2. The monoisotopic (exact) mass is 472 g/mol. The summed E-state index contributed by atoms with van der Waals surface area (Å²) in [6.07, 6.45) is 3.97. The molecule has 162 valence electrons. The molecule has 0 aliphatic heterocycles. The summed E-state index contributed by atoms with van der Waals surface area (Å²) < 4.78 is 47.5. The highest BCUT2D eigenvalue weighted by Crippen LogP contribution is 2.27. The van der Waals surface area contributed by atoms with Gasteiger partial charge in [-0.3, -0.25) is 9.82 Å². The minimum atomic E-state index is -4.30. The van der Waals surface area contributed by atoms with Crippen LogP contribution in [0.25, 0.3) is 11.0 Å². The molecule has 4 aromatic rings. The molecule has 4 aromatic heterocycles. The van der Waals surface area contributed by atoms with Gasteiger partial charge in [0, 0.05) is 35.2 Å². The number of aromatic amines is 1. The molecule has 4 rings (SSSR count). The maximum Gasteiger partial charge on any atom is 0.268 e. The molecule has 0 atom stereocenters. The molecule has 0 saturated heterocycles. The van der Waals surface area contributed by atoms with E-state index in [0.717, 1.165) is 17.1 Å². The van der Waals surface area contributed by atoms with Gasteiger partial charge in [0.25, 0.3) is 10.0 Å². The Kier molecular flexibility index (Phi) is 5.65. The van der Waals surface area contributed by atoms with E-state index < -0.39 is 21.7 Å². The van der Waals surface area contributed by atoms with Gasteiger partial charge < -0.3 is 4.74 Å². The number of hydrogen-bond acceptors (Lipinski definition) is 7. The topological polar surface area (TPSA) is 123 Å². The van der Waals surface area contributed by atoms with Gasteiger partial charge in [0.05, 0.1) is 17.7 Å². The van der Waals surface area contributed by atoms with Gasteiger partial charge >= 0.3 is 0 Å². The van der Waals surface area contributed by atoms with Crippen molar-refractivity contribution in [3.8, 4) is 17.7 Å². The number of H-pyrrole nitrogens is 1. The number of sulfonamides is 1. The average Bonchev–Trinajstić information content (AvgIpc) is 3.14. The Morgan fingerprint density at radius 2 is 2.00 bits per heavy atom. The third-order valence-electron chi connectivity index (χ3n) is 4.33. The third-order valence-corrected chi connectivity index (χ3v) is 5.87. The van der Waals surface area contributed by atoms with Gasteiger partial charge in [0.2, 0.25) is 5.88 Å². The molecule has 0 spiro atoms. The number of hydrogen-bond donors (Lipinski definition) is 2. The van der Waals surface area contributed by atoms with Crippen LogP contribution in [0.4, 0.5) is 10.2 Å². The zero-order chi connectivity index (χ0) is 22.9. The van der Waals surface area contributed by atoms with Crippen molar-refractivity contribution in [2.24, 2.45) is 0 Å². The molecule has 0 aliphatic rings. The molecule has 0 radical (unpaired) electrons. The summed E-state index contributed by atoms with van der Waals surface area (Å²) in [5, 5.41) is 7.73. The smallest absolute Gasteiger partial charge is 0.268 e. The highest BCUT2D eigenvalue weighted by Gasteiger charge is 2.24. The number of methoxy groups -OCH3 is 1. The maximum absolute atomic E-state index is 15.0. The van der Waals surface area contributed by atoms with E-state index in [0.29, 0.717) is 11.2 Å². The zero-order valence-corrected chi connectivity index (χ0v) is 18.2. The van der Waals surface area contributed by atoms with Crippen molar-refractivity contribution in [1.82, 2.24) is 25.1 Å². The van der Waals surface area contributed by atoms with E-state index in [1.807, 2.05) is 6.92 Å². The van der Waals surface area contributed by atoms with Crippen LogP contribution in [0.3, 0.4) is 0 Å². The minimum absolute atomic E-state index is 0.0575. The first kappa shape index (κ1) is 21.5. The number of nitrogens with zero attached hydrogens (tertiary/aromatic N) is 4. The van der Waals surface area contributed by atoms with E-state index in [4.69, 9.17) is 16.3 Å². The minimum Gasteiger partial charge on any atom is -0.480 e. The van der Waals surface area contributed by atoms with Crippen LogP contribution in [0.1, 0.15) is 16.8 Å². The molecule has 0 aromatic carbocycles. The van der Waals surface area contributed by atoms with Gasteiger partial charge in [-0.15, -0.1) is 0 Å². The fourth-order valence-corrected chi connectivity index (χ4v) is 4.15.